The van der Waals surface area contributed by atoms with Crippen LogP contribution in [0.15, 0.2) is 18.2 Å². The third-order valence-corrected chi connectivity index (χ3v) is 6.40. The molecule has 1 aliphatic heterocycles. The van der Waals surface area contributed by atoms with E-state index in [1.54, 1.807) is 12.1 Å². The maximum absolute atomic E-state index is 12.4. The number of benzene rings is 1. The number of halogens is 1. The van der Waals surface area contributed by atoms with Crippen molar-refractivity contribution in [2.24, 2.45) is 5.92 Å². The molecule has 2 rings (SSSR count). The van der Waals surface area contributed by atoms with Crippen LogP contribution in [0.3, 0.4) is 0 Å². The summed E-state index contributed by atoms with van der Waals surface area (Å²) in [5, 5.41) is 3.25. The summed E-state index contributed by atoms with van der Waals surface area (Å²) >= 11 is 6.16. The Morgan fingerprint density at radius 1 is 1.39 bits per heavy atom. The number of rotatable bonds is 5. The van der Waals surface area contributed by atoms with Gasteiger partial charge < -0.3 is 10.1 Å². The Balaban J connectivity index is 2.09. The fourth-order valence-electron chi connectivity index (χ4n) is 2.41. The van der Waals surface area contributed by atoms with Gasteiger partial charge in [0, 0.05) is 20.0 Å². The van der Waals surface area contributed by atoms with Crippen molar-refractivity contribution >= 4 is 27.5 Å². The summed E-state index contributed by atoms with van der Waals surface area (Å²) in [6.45, 7) is 2.42. The minimum absolute atomic E-state index is 0.0630. The second-order valence-electron chi connectivity index (χ2n) is 5.87. The van der Waals surface area contributed by atoms with Gasteiger partial charge in [0.05, 0.1) is 35.6 Å². The zero-order valence-electron chi connectivity index (χ0n) is 13.4. The topological polar surface area (TPSA) is 75.7 Å². The second-order valence-corrected chi connectivity index (χ2v) is 8.48. The molecular formula is C15H21ClN2O4S. The van der Waals surface area contributed by atoms with Crippen LogP contribution in [-0.2, 0) is 14.8 Å². The minimum atomic E-state index is -3.35. The number of sulfonamides is 1. The number of nitrogens with one attached hydrogen (secondary N) is 1. The molecular weight excluding hydrogens is 340 g/mol. The number of hydrogen-bond donors (Lipinski definition) is 1. The molecule has 23 heavy (non-hydrogen) atoms. The van der Waals surface area contributed by atoms with Crippen LogP contribution in [0.5, 0.6) is 0 Å². The van der Waals surface area contributed by atoms with Gasteiger partial charge in [0.2, 0.25) is 10.0 Å². The molecule has 1 aromatic rings. The molecule has 0 spiro atoms. The van der Waals surface area contributed by atoms with E-state index in [4.69, 9.17) is 16.3 Å². The average Bonchev–Trinajstić information content (AvgIpc) is 2.88. The van der Waals surface area contributed by atoms with Gasteiger partial charge in [-0.25, -0.2) is 12.7 Å². The van der Waals surface area contributed by atoms with Crippen LogP contribution in [0.1, 0.15) is 15.9 Å². The molecule has 1 heterocycles. The van der Waals surface area contributed by atoms with Gasteiger partial charge in [0.1, 0.15) is 0 Å². The Labute approximate surface area is 141 Å². The van der Waals surface area contributed by atoms with E-state index in [0.717, 1.165) is 5.56 Å². The summed E-state index contributed by atoms with van der Waals surface area (Å²) in [7, 11) is -0.371. The number of hydrogen-bond acceptors (Lipinski definition) is 4. The van der Waals surface area contributed by atoms with E-state index >= 15 is 0 Å². The van der Waals surface area contributed by atoms with Crippen LogP contribution in [0.2, 0.25) is 5.02 Å². The fourth-order valence-corrected chi connectivity index (χ4v) is 3.79. The quantitative estimate of drug-likeness (QED) is 0.858. The van der Waals surface area contributed by atoms with Gasteiger partial charge in [0.25, 0.3) is 5.91 Å². The molecule has 1 fully saturated rings. The molecule has 128 valence electrons. The summed E-state index contributed by atoms with van der Waals surface area (Å²) in [6, 6.07) is 4.87. The summed E-state index contributed by atoms with van der Waals surface area (Å²) in [6.07, 6.45) is 0. The number of carbonyl (C=O) groups is 1. The van der Waals surface area contributed by atoms with Gasteiger partial charge in [-0.15, -0.1) is 0 Å². The Hall–Kier alpha value is -1.15. The van der Waals surface area contributed by atoms with Crippen molar-refractivity contribution in [3.63, 3.8) is 0 Å². The fraction of sp³-hybridized carbons (Fsp3) is 0.533. The van der Waals surface area contributed by atoms with Crippen LogP contribution < -0.4 is 5.32 Å². The molecule has 0 radical (unpaired) electrons. The molecule has 0 saturated carbocycles. The number of carbonyl (C=O) groups excluding carboxylic acids is 1. The zero-order valence-corrected chi connectivity index (χ0v) is 14.9. The highest BCUT2D eigenvalue weighted by Crippen LogP contribution is 2.22. The number of nitrogens with zero attached hydrogens (tertiary/aromatic N) is 1. The monoisotopic (exact) mass is 360 g/mol. The molecule has 0 unspecified atom stereocenters. The first kappa shape index (κ1) is 18.2. The van der Waals surface area contributed by atoms with Gasteiger partial charge >= 0.3 is 0 Å². The molecule has 0 bridgehead atoms. The lowest BCUT2D eigenvalue weighted by Gasteiger charge is -2.21. The molecule has 1 amide bonds. The summed E-state index contributed by atoms with van der Waals surface area (Å²) < 4.78 is 30.6. The third-order valence-electron chi connectivity index (χ3n) is 3.93. The van der Waals surface area contributed by atoms with Crippen molar-refractivity contribution in [2.45, 2.75) is 13.0 Å². The van der Waals surface area contributed by atoms with Crippen molar-refractivity contribution in [3.05, 3.63) is 34.3 Å². The van der Waals surface area contributed by atoms with Gasteiger partial charge in [-0.3, -0.25) is 4.79 Å². The Kier molecular flexibility index (Phi) is 5.67. The first-order chi connectivity index (χ1) is 10.7. The maximum atomic E-state index is 12.4. The van der Waals surface area contributed by atoms with Crippen molar-refractivity contribution in [3.8, 4) is 0 Å². The highest BCUT2D eigenvalue weighted by Gasteiger charge is 2.34. The first-order valence-corrected chi connectivity index (χ1v) is 9.25. The minimum Gasteiger partial charge on any atom is -0.379 e. The Bertz CT molecular complexity index is 691. The SMILES string of the molecule is Cc1cccc(C(=O)N[C@H]2COC[C@H]2CS(=O)(=O)N(C)C)c1Cl. The molecule has 0 aliphatic carbocycles. The van der Waals surface area contributed by atoms with Crippen LogP contribution in [0.4, 0.5) is 0 Å². The Morgan fingerprint density at radius 3 is 2.74 bits per heavy atom. The number of aryl methyl sites for hydroxylation is 1. The molecule has 1 aliphatic rings. The molecule has 1 aromatic carbocycles. The molecule has 2 atom stereocenters. The van der Waals surface area contributed by atoms with E-state index in [2.05, 4.69) is 5.32 Å². The molecule has 1 N–H and O–H groups in total. The van der Waals surface area contributed by atoms with E-state index in [1.165, 1.54) is 18.4 Å². The van der Waals surface area contributed by atoms with Crippen LogP contribution in [0, 0.1) is 12.8 Å². The predicted molar refractivity (Wildman–Crippen MR) is 89.2 cm³/mol. The highest BCUT2D eigenvalue weighted by molar-refractivity contribution is 7.89. The summed E-state index contributed by atoms with van der Waals surface area (Å²) in [5.74, 6) is -0.664. The predicted octanol–water partition coefficient (Wildman–Crippen LogP) is 1.28. The number of amides is 1. The molecule has 1 saturated heterocycles. The highest BCUT2D eigenvalue weighted by atomic mass is 35.5. The largest absolute Gasteiger partial charge is 0.379 e. The molecule has 6 nitrogen and oxygen atoms in total. The molecule has 8 heteroatoms. The van der Waals surface area contributed by atoms with Crippen LogP contribution in [-0.4, -0.2) is 57.7 Å². The average molecular weight is 361 g/mol. The van der Waals surface area contributed by atoms with Crippen LogP contribution in [0.25, 0.3) is 0 Å². The summed E-state index contributed by atoms with van der Waals surface area (Å²) in [4.78, 5) is 12.4. The zero-order chi connectivity index (χ0) is 17.2. The second kappa shape index (κ2) is 7.17. The lowest BCUT2D eigenvalue weighted by molar-refractivity contribution is 0.0926. The summed E-state index contributed by atoms with van der Waals surface area (Å²) in [5.41, 5.74) is 1.20. The van der Waals surface area contributed by atoms with Gasteiger partial charge in [-0.05, 0) is 18.6 Å². The first-order valence-electron chi connectivity index (χ1n) is 7.26. The van der Waals surface area contributed by atoms with Gasteiger partial charge in [0.15, 0.2) is 0 Å². The third kappa shape index (κ3) is 4.23. The lowest BCUT2D eigenvalue weighted by atomic mass is 10.1. The smallest absolute Gasteiger partial charge is 0.253 e. The van der Waals surface area contributed by atoms with Crippen LogP contribution >= 0.6 is 11.6 Å². The van der Waals surface area contributed by atoms with Crippen molar-refractivity contribution in [1.82, 2.24) is 9.62 Å². The normalized spacial score (nSPS) is 21.6. The van der Waals surface area contributed by atoms with E-state index < -0.39 is 10.0 Å². The van der Waals surface area contributed by atoms with E-state index in [1.807, 2.05) is 13.0 Å². The van der Waals surface area contributed by atoms with Crippen molar-refractivity contribution in [2.75, 3.05) is 33.1 Å². The van der Waals surface area contributed by atoms with Crippen molar-refractivity contribution in [1.29, 1.82) is 0 Å². The van der Waals surface area contributed by atoms with E-state index in [0.29, 0.717) is 23.8 Å². The standard InChI is InChI=1S/C15H21ClN2O4S/c1-10-5-4-6-12(14(10)16)15(19)17-13-8-22-7-11(13)9-23(20,21)18(2)3/h4-6,11,13H,7-9H2,1-3H3,(H,17,19)/t11-,13-/m0/s1. The number of ether oxygens (including phenoxy) is 1. The van der Waals surface area contributed by atoms with Gasteiger partial charge in [-0.1, -0.05) is 23.7 Å². The lowest BCUT2D eigenvalue weighted by Crippen LogP contribution is -2.43. The van der Waals surface area contributed by atoms with Crippen molar-refractivity contribution < 1.29 is 17.9 Å². The maximum Gasteiger partial charge on any atom is 0.253 e. The molecule has 0 aromatic heterocycles. The van der Waals surface area contributed by atoms with Gasteiger partial charge in [-0.2, -0.15) is 0 Å². The van der Waals surface area contributed by atoms with E-state index in [9.17, 15) is 13.2 Å². The van der Waals surface area contributed by atoms with E-state index in [-0.39, 0.29) is 23.6 Å². The Morgan fingerprint density at radius 2 is 2.09 bits per heavy atom.